The van der Waals surface area contributed by atoms with Gasteiger partial charge in [0, 0.05) is 86.8 Å². The lowest BCUT2D eigenvalue weighted by atomic mass is 10.0. The molecule has 0 aliphatic carbocycles. The molecule has 73 heavy (non-hydrogen) atoms. The largest absolute Gasteiger partial charge is 0.481 e. The van der Waals surface area contributed by atoms with Gasteiger partial charge in [-0.1, -0.05) is 23.7 Å². The third-order valence-corrected chi connectivity index (χ3v) is 12.2. The monoisotopic (exact) mass is 1140 g/mol. The Morgan fingerprint density at radius 1 is 0.534 bits per heavy atom. The molecular weight excluding hydrogens is 1110 g/mol. The van der Waals surface area contributed by atoms with Crippen molar-refractivity contribution in [2.45, 2.75) is 13.8 Å². The first-order valence-electron chi connectivity index (χ1n) is 21.4. The maximum Gasteiger partial charge on any atom is 0.213 e. The Hall–Kier alpha value is -7.81. The van der Waals surface area contributed by atoms with Crippen LogP contribution >= 0.6 is 43.5 Å². The van der Waals surface area contributed by atoms with Crippen molar-refractivity contribution < 1.29 is 35.8 Å². The summed E-state index contributed by atoms with van der Waals surface area (Å²) >= 11 is 12.8. The molecule has 0 saturated carbocycles. The SMILES string of the molecule is COc1cc(-c2ncc(Br)cc2N)c(F)cn1.COc1cc(-c2ncc(Br)cc2Nc2c(C)c(-c3ccccn3)nc3cc(F)cc(F)c23)c(F)cn1.Cc1c(-c2ccccn2)nc2cc(F)cc(F)c2c1Cl. The average molecular weight is 1140 g/mol. The smallest absolute Gasteiger partial charge is 0.213 e. The number of fused-ring (bicyclic) bond motifs is 2. The van der Waals surface area contributed by atoms with Crippen LogP contribution in [-0.4, -0.2) is 54.1 Å². The molecule has 0 fully saturated rings. The number of nitrogen functional groups attached to an aromatic ring is 1. The van der Waals surface area contributed by atoms with Crippen LogP contribution in [0.1, 0.15) is 11.1 Å². The number of nitrogens with one attached hydrogen (secondary N) is 1. The highest BCUT2D eigenvalue weighted by molar-refractivity contribution is 9.10. The topological polar surface area (TPSA) is 160 Å². The molecule has 10 rings (SSSR count). The van der Waals surface area contributed by atoms with Crippen LogP contribution in [0.15, 0.2) is 131 Å². The van der Waals surface area contributed by atoms with E-state index in [1.165, 1.54) is 32.5 Å². The van der Waals surface area contributed by atoms with E-state index in [9.17, 15) is 22.0 Å². The molecule has 8 aromatic heterocycles. The first-order valence-corrected chi connectivity index (χ1v) is 23.3. The minimum Gasteiger partial charge on any atom is -0.481 e. The molecule has 0 unspecified atom stereocenters. The van der Waals surface area contributed by atoms with Crippen LogP contribution in [0, 0.1) is 48.8 Å². The Kier molecular flexibility index (Phi) is 15.8. The van der Waals surface area contributed by atoms with Gasteiger partial charge in [0.15, 0.2) is 11.6 Å². The van der Waals surface area contributed by atoms with Crippen LogP contribution in [0.25, 0.3) is 67.1 Å². The highest BCUT2D eigenvalue weighted by Gasteiger charge is 2.22. The Morgan fingerprint density at radius 2 is 1.03 bits per heavy atom. The van der Waals surface area contributed by atoms with Crippen LogP contribution < -0.4 is 20.5 Å². The minimum atomic E-state index is -0.795. The summed E-state index contributed by atoms with van der Waals surface area (Å²) in [5.74, 6) is -3.55. The molecule has 0 aliphatic heterocycles. The molecule has 368 valence electrons. The maximum atomic E-state index is 15.1. The van der Waals surface area contributed by atoms with Gasteiger partial charge in [-0.2, -0.15) is 0 Å². The van der Waals surface area contributed by atoms with Gasteiger partial charge in [-0.3, -0.25) is 19.9 Å². The molecule has 0 spiro atoms. The van der Waals surface area contributed by atoms with E-state index in [4.69, 9.17) is 26.8 Å². The number of nitrogens with zero attached hydrogens (tertiary/aromatic N) is 8. The van der Waals surface area contributed by atoms with Gasteiger partial charge < -0.3 is 20.5 Å². The van der Waals surface area contributed by atoms with Gasteiger partial charge in [-0.15, -0.1) is 0 Å². The summed E-state index contributed by atoms with van der Waals surface area (Å²) in [6.07, 6.45) is 8.42. The normalized spacial score (nSPS) is 10.9. The number of rotatable bonds is 8. The van der Waals surface area contributed by atoms with Gasteiger partial charge >= 0.3 is 0 Å². The van der Waals surface area contributed by atoms with Crippen molar-refractivity contribution >= 4 is 82.3 Å². The molecule has 0 atom stereocenters. The van der Waals surface area contributed by atoms with Crippen LogP contribution in [0.2, 0.25) is 5.02 Å². The van der Waals surface area contributed by atoms with E-state index in [0.29, 0.717) is 67.0 Å². The standard InChI is InChI=1S/C26H17BrF3N5O.C15H9ClF2N2.C11H9BrFN3O/c1-13-24(19-5-3-4-6-31-19)34-20-9-15(28)8-17(29)23(20)25(13)35-21-7-14(27)11-33-26(21)16-10-22(36-2)32-12-18(16)30;1-8-14(16)13-10(18)6-9(17)7-12(13)20-15(8)11-4-2-3-5-19-11;1-17-10-3-7(8(13)5-15-10)11-9(14)2-6(12)4-16-11/h3-12H,1-2H3,(H,34,35);2-7H,1H3;2-5H,14H2,1H3. The zero-order chi connectivity index (χ0) is 52.1. The second-order valence-corrected chi connectivity index (χ2v) is 17.7. The summed E-state index contributed by atoms with van der Waals surface area (Å²) in [5.41, 5.74) is 11.4. The number of ether oxygens (including phenoxy) is 2. The number of hydrogen-bond acceptors (Lipinski definition) is 12. The van der Waals surface area contributed by atoms with Crippen molar-refractivity contribution in [3.05, 3.63) is 182 Å². The second kappa shape index (κ2) is 22.3. The van der Waals surface area contributed by atoms with E-state index in [2.05, 4.69) is 77.0 Å². The molecular formula is C52H35Br2ClF6N10O2. The van der Waals surface area contributed by atoms with Crippen molar-refractivity contribution in [3.8, 4) is 57.1 Å². The Morgan fingerprint density at radius 3 is 1.55 bits per heavy atom. The molecule has 3 N–H and O–H groups in total. The fourth-order valence-corrected chi connectivity index (χ4v) is 8.37. The minimum absolute atomic E-state index is 0.0762. The summed E-state index contributed by atoms with van der Waals surface area (Å²) in [6.45, 7) is 3.49. The lowest BCUT2D eigenvalue weighted by molar-refractivity contribution is 0.396. The summed E-state index contributed by atoms with van der Waals surface area (Å²) in [4.78, 5) is 33.5. The Bertz CT molecular complexity index is 3700. The lowest BCUT2D eigenvalue weighted by Gasteiger charge is -2.19. The number of methoxy groups -OCH3 is 2. The lowest BCUT2D eigenvalue weighted by Crippen LogP contribution is -2.04. The molecule has 0 amide bonds. The van der Waals surface area contributed by atoms with Crippen molar-refractivity contribution in [2.24, 2.45) is 0 Å². The predicted molar refractivity (Wildman–Crippen MR) is 275 cm³/mol. The second-order valence-electron chi connectivity index (χ2n) is 15.5. The van der Waals surface area contributed by atoms with Crippen molar-refractivity contribution in [3.63, 3.8) is 0 Å². The van der Waals surface area contributed by atoms with Crippen molar-refractivity contribution in [1.29, 1.82) is 0 Å². The summed E-state index contributed by atoms with van der Waals surface area (Å²) in [7, 11) is 2.88. The molecule has 10 aromatic rings. The maximum absolute atomic E-state index is 15.1. The van der Waals surface area contributed by atoms with E-state index in [1.807, 2.05) is 6.07 Å². The third kappa shape index (κ3) is 11.3. The van der Waals surface area contributed by atoms with E-state index in [-0.39, 0.29) is 49.5 Å². The van der Waals surface area contributed by atoms with E-state index >= 15 is 4.39 Å². The molecule has 21 heteroatoms. The number of pyridine rings is 8. The molecule has 0 radical (unpaired) electrons. The predicted octanol–water partition coefficient (Wildman–Crippen LogP) is 14.2. The van der Waals surface area contributed by atoms with E-state index in [1.54, 1.807) is 74.9 Å². The van der Waals surface area contributed by atoms with Crippen LogP contribution in [0.5, 0.6) is 11.8 Å². The summed E-state index contributed by atoms with van der Waals surface area (Å²) in [5, 5.41) is 3.64. The highest BCUT2D eigenvalue weighted by Crippen LogP contribution is 2.40. The van der Waals surface area contributed by atoms with Crippen molar-refractivity contribution in [1.82, 2.24) is 39.9 Å². The van der Waals surface area contributed by atoms with Crippen LogP contribution in [0.4, 0.5) is 43.4 Å². The van der Waals surface area contributed by atoms with Crippen molar-refractivity contribution in [2.75, 3.05) is 25.3 Å². The molecule has 0 saturated heterocycles. The number of halogens is 9. The molecule has 2 aromatic carbocycles. The first-order chi connectivity index (χ1) is 35.0. The molecule has 0 bridgehead atoms. The fraction of sp³-hybridized carbons (Fsp3) is 0.0769. The summed E-state index contributed by atoms with van der Waals surface area (Å²) < 4.78 is 96.4. The third-order valence-electron chi connectivity index (χ3n) is 10.8. The van der Waals surface area contributed by atoms with Gasteiger partial charge in [0.1, 0.15) is 23.3 Å². The quantitative estimate of drug-likeness (QED) is 0.139. The van der Waals surface area contributed by atoms with Gasteiger partial charge in [-0.05, 0) is 87.7 Å². The number of benzene rings is 2. The number of hydrogen-bond donors (Lipinski definition) is 2. The average Bonchev–Trinajstić information content (AvgIpc) is 3.37. The molecule has 12 nitrogen and oxygen atoms in total. The van der Waals surface area contributed by atoms with Gasteiger partial charge in [0.25, 0.3) is 0 Å². The van der Waals surface area contributed by atoms with E-state index in [0.717, 1.165) is 41.1 Å². The molecule has 8 heterocycles. The summed E-state index contributed by atoms with van der Waals surface area (Å²) in [6, 6.07) is 20.8. The number of aromatic nitrogens is 8. The van der Waals surface area contributed by atoms with Crippen LogP contribution in [0.3, 0.4) is 0 Å². The zero-order valence-corrected chi connectivity index (χ0v) is 42.3. The Balaban J connectivity index is 0.000000162. The van der Waals surface area contributed by atoms with Gasteiger partial charge in [-0.25, -0.2) is 46.3 Å². The zero-order valence-electron chi connectivity index (χ0n) is 38.4. The fourth-order valence-electron chi connectivity index (χ4n) is 7.42. The first kappa shape index (κ1) is 51.5. The number of nitrogens with two attached hydrogens (primary N) is 1. The highest BCUT2D eigenvalue weighted by atomic mass is 79.9. The van der Waals surface area contributed by atoms with Gasteiger partial charge in [0.05, 0.1) is 105 Å². The van der Waals surface area contributed by atoms with Crippen LogP contribution in [-0.2, 0) is 0 Å². The Labute approximate surface area is 434 Å². The van der Waals surface area contributed by atoms with Gasteiger partial charge in [0.2, 0.25) is 11.8 Å². The van der Waals surface area contributed by atoms with E-state index < -0.39 is 34.9 Å². The number of anilines is 3. The molecule has 0 aliphatic rings.